The largest absolute Gasteiger partial charge is 0.491 e. The van der Waals surface area contributed by atoms with Crippen LogP contribution in [-0.4, -0.2) is 31.9 Å². The topological polar surface area (TPSA) is 56.5 Å². The molecule has 26 heavy (non-hydrogen) atoms. The van der Waals surface area contributed by atoms with Crippen LogP contribution in [0.4, 0.5) is 23.2 Å². The maximum Gasteiger partial charge on any atom is 0.491 e. The summed E-state index contributed by atoms with van der Waals surface area (Å²) in [4.78, 5) is 0. The Morgan fingerprint density at radius 3 is 2.19 bits per heavy atom. The van der Waals surface area contributed by atoms with Crippen molar-refractivity contribution in [3.05, 3.63) is 34.5 Å². The molecule has 1 saturated heterocycles. The fourth-order valence-corrected chi connectivity index (χ4v) is 2.57. The number of nitrogen functional groups attached to an aromatic ring is 1. The van der Waals surface area contributed by atoms with E-state index in [-0.39, 0.29) is 12.1 Å². The molecule has 0 radical (unpaired) electrons. The van der Waals surface area contributed by atoms with Gasteiger partial charge in [-0.05, 0) is 57.9 Å². The Balaban J connectivity index is 2.52. The van der Waals surface area contributed by atoms with Gasteiger partial charge in [0, 0.05) is 6.54 Å². The smallest absolute Gasteiger partial charge is 0.400 e. The van der Waals surface area contributed by atoms with E-state index in [9.17, 15) is 17.6 Å². The minimum Gasteiger partial charge on any atom is -0.400 e. The van der Waals surface area contributed by atoms with Crippen molar-refractivity contribution in [3.63, 3.8) is 0 Å². The second-order valence-electron chi connectivity index (χ2n) is 7.30. The Kier molecular flexibility index (Phi) is 5.47. The number of hydrogen-bond acceptors (Lipinski definition) is 4. The van der Waals surface area contributed by atoms with Gasteiger partial charge in [0.1, 0.15) is 5.82 Å². The molecule has 0 unspecified atom stereocenters. The third-order valence-electron chi connectivity index (χ3n) is 4.75. The summed E-state index contributed by atoms with van der Waals surface area (Å²) in [6.45, 7) is 7.57. The van der Waals surface area contributed by atoms with E-state index >= 15 is 0 Å². The number of rotatable bonds is 4. The van der Waals surface area contributed by atoms with E-state index in [1.807, 2.05) is 27.7 Å². The van der Waals surface area contributed by atoms with Crippen LogP contribution in [0.15, 0.2) is 17.6 Å². The lowest BCUT2D eigenvalue weighted by molar-refractivity contribution is -0.137. The molecule has 2 rings (SSSR count). The predicted molar refractivity (Wildman–Crippen MR) is 93.8 cm³/mol. The number of nitrogens with one attached hydrogen (secondary N) is 1. The van der Waals surface area contributed by atoms with E-state index in [4.69, 9.17) is 15.0 Å². The van der Waals surface area contributed by atoms with Crippen LogP contribution in [0.3, 0.4) is 0 Å². The summed E-state index contributed by atoms with van der Waals surface area (Å²) >= 11 is 0. The van der Waals surface area contributed by atoms with Gasteiger partial charge < -0.3 is 20.4 Å². The molecule has 144 valence electrons. The highest BCUT2D eigenvalue weighted by Gasteiger charge is 2.52. The lowest BCUT2D eigenvalue weighted by atomic mass is 9.76. The van der Waals surface area contributed by atoms with Crippen molar-refractivity contribution in [2.45, 2.75) is 45.1 Å². The molecule has 0 aliphatic carbocycles. The molecule has 1 aliphatic rings. The molecule has 0 aromatic heterocycles. The van der Waals surface area contributed by atoms with Gasteiger partial charge in [-0.25, -0.2) is 4.39 Å². The second kappa shape index (κ2) is 6.86. The molecule has 3 N–H and O–H groups in total. The highest BCUT2D eigenvalue weighted by atomic mass is 19.4. The molecule has 0 spiro atoms. The predicted octanol–water partition coefficient (Wildman–Crippen LogP) is 3.66. The molecule has 1 aliphatic heterocycles. The number of alkyl halides is 3. The van der Waals surface area contributed by atoms with Gasteiger partial charge in [0.2, 0.25) is 0 Å². The van der Waals surface area contributed by atoms with Gasteiger partial charge in [-0.1, -0.05) is 6.08 Å². The Hall–Kier alpha value is -1.58. The summed E-state index contributed by atoms with van der Waals surface area (Å²) in [7, 11) is 0.794. The molecule has 9 heteroatoms. The van der Waals surface area contributed by atoms with Crippen LogP contribution in [0.1, 0.15) is 38.8 Å². The average Bonchev–Trinajstić information content (AvgIpc) is 2.69. The molecular formula is C17H23BF4N2O2. The SMILES string of the molecule is CNCC(=Cc1cc(F)c(N)cc1C(F)(F)F)B1OC(C)(C)C(C)(C)O1. The Morgan fingerprint density at radius 2 is 1.73 bits per heavy atom. The number of benzene rings is 1. The van der Waals surface area contributed by atoms with Gasteiger partial charge in [-0.3, -0.25) is 0 Å². The number of likely N-dealkylation sites (N-methyl/N-ethyl adjacent to an activating group) is 1. The van der Waals surface area contributed by atoms with Crippen LogP contribution in [0.25, 0.3) is 6.08 Å². The summed E-state index contributed by atoms with van der Waals surface area (Å²) in [5.41, 5.74) is 2.53. The number of nitrogens with two attached hydrogens (primary N) is 1. The van der Waals surface area contributed by atoms with Gasteiger partial charge in [0.25, 0.3) is 0 Å². The van der Waals surface area contributed by atoms with Crippen LogP contribution in [0, 0.1) is 5.82 Å². The number of hydrogen-bond donors (Lipinski definition) is 2. The standard InChI is InChI=1S/C17H23BF4N2O2/c1-15(2)16(3,4)26-18(25-15)11(9-24-5)6-10-7-13(19)14(23)8-12(10)17(20,21)22/h6-8,24H,9,23H2,1-5H3. The number of halogens is 4. The first kappa shape index (κ1) is 20.7. The summed E-state index contributed by atoms with van der Waals surface area (Å²) in [5.74, 6) is -0.915. The molecular weight excluding hydrogens is 351 g/mol. The van der Waals surface area contributed by atoms with Crippen LogP contribution in [0.5, 0.6) is 0 Å². The van der Waals surface area contributed by atoms with E-state index in [1.54, 1.807) is 7.05 Å². The van der Waals surface area contributed by atoms with Gasteiger partial charge in [-0.2, -0.15) is 13.2 Å². The van der Waals surface area contributed by atoms with Crippen LogP contribution in [-0.2, 0) is 15.5 Å². The Labute approximate surface area is 150 Å². The van der Waals surface area contributed by atoms with Crippen LogP contribution >= 0.6 is 0 Å². The summed E-state index contributed by atoms with van der Waals surface area (Å²) < 4.78 is 65.6. The molecule has 4 nitrogen and oxygen atoms in total. The maximum atomic E-state index is 13.8. The van der Waals surface area contributed by atoms with E-state index in [2.05, 4.69) is 5.32 Å². The van der Waals surface area contributed by atoms with Crippen molar-refractivity contribution >= 4 is 18.9 Å². The van der Waals surface area contributed by atoms with Crippen molar-refractivity contribution in [2.24, 2.45) is 0 Å². The van der Waals surface area contributed by atoms with Crippen molar-refractivity contribution < 1.29 is 26.9 Å². The van der Waals surface area contributed by atoms with Gasteiger partial charge in [0.15, 0.2) is 0 Å². The Morgan fingerprint density at radius 1 is 1.19 bits per heavy atom. The zero-order chi connectivity index (χ0) is 19.9. The maximum absolute atomic E-state index is 13.8. The van der Waals surface area contributed by atoms with Gasteiger partial charge >= 0.3 is 13.3 Å². The van der Waals surface area contributed by atoms with E-state index in [0.717, 1.165) is 6.07 Å². The molecule has 0 amide bonds. The molecule has 1 aromatic carbocycles. The minimum absolute atomic E-state index is 0.208. The van der Waals surface area contributed by atoms with Gasteiger partial charge in [-0.15, -0.1) is 0 Å². The monoisotopic (exact) mass is 374 g/mol. The van der Waals surface area contributed by atoms with Crippen LogP contribution < -0.4 is 11.1 Å². The third kappa shape index (κ3) is 4.05. The first-order valence-electron chi connectivity index (χ1n) is 8.15. The quantitative estimate of drug-likeness (QED) is 0.480. The van der Waals surface area contributed by atoms with Crippen molar-refractivity contribution in [1.82, 2.24) is 5.32 Å². The molecule has 1 heterocycles. The second-order valence-corrected chi connectivity index (χ2v) is 7.30. The molecule has 0 saturated carbocycles. The summed E-state index contributed by atoms with van der Waals surface area (Å²) in [6.07, 6.45) is -3.43. The highest BCUT2D eigenvalue weighted by Crippen LogP contribution is 2.40. The highest BCUT2D eigenvalue weighted by molar-refractivity contribution is 6.56. The molecule has 0 bridgehead atoms. The fourth-order valence-electron chi connectivity index (χ4n) is 2.57. The minimum atomic E-state index is -4.67. The zero-order valence-corrected chi connectivity index (χ0v) is 15.4. The lowest BCUT2D eigenvalue weighted by Gasteiger charge is -2.32. The van der Waals surface area contributed by atoms with Crippen molar-refractivity contribution in [2.75, 3.05) is 19.3 Å². The van der Waals surface area contributed by atoms with Crippen LogP contribution in [0.2, 0.25) is 0 Å². The van der Waals surface area contributed by atoms with E-state index < -0.39 is 41.6 Å². The fraction of sp³-hybridized carbons (Fsp3) is 0.529. The zero-order valence-electron chi connectivity index (χ0n) is 15.4. The molecule has 1 aromatic rings. The molecule has 0 atom stereocenters. The van der Waals surface area contributed by atoms with E-state index in [1.165, 1.54) is 6.08 Å². The lowest BCUT2D eigenvalue weighted by Crippen LogP contribution is -2.41. The first-order valence-corrected chi connectivity index (χ1v) is 8.15. The van der Waals surface area contributed by atoms with Crippen molar-refractivity contribution in [3.8, 4) is 0 Å². The third-order valence-corrected chi connectivity index (χ3v) is 4.75. The molecule has 1 fully saturated rings. The normalized spacial score (nSPS) is 19.9. The average molecular weight is 374 g/mol. The first-order chi connectivity index (χ1) is 11.8. The summed E-state index contributed by atoms with van der Waals surface area (Å²) in [6, 6.07) is 1.38. The Bertz CT molecular complexity index is 701. The van der Waals surface area contributed by atoms with Gasteiger partial charge in [0.05, 0.1) is 22.5 Å². The number of anilines is 1. The van der Waals surface area contributed by atoms with Crippen molar-refractivity contribution in [1.29, 1.82) is 0 Å². The summed E-state index contributed by atoms with van der Waals surface area (Å²) in [5, 5.41) is 2.88. The van der Waals surface area contributed by atoms with E-state index in [0.29, 0.717) is 11.5 Å².